The largest absolute Gasteiger partial charge is 0.534 e. The van der Waals surface area contributed by atoms with Gasteiger partial charge in [0.25, 0.3) is 0 Å². The minimum atomic E-state index is -1.44. The molecule has 0 bridgehead atoms. The molecule has 0 saturated carbocycles. The van der Waals surface area contributed by atoms with Gasteiger partial charge in [0.2, 0.25) is 8.32 Å². The van der Waals surface area contributed by atoms with Crippen molar-refractivity contribution < 1.29 is 4.43 Å². The Hall–Kier alpha value is -0.513. The van der Waals surface area contributed by atoms with Gasteiger partial charge in [0, 0.05) is 21.0 Å². The molecule has 0 aliphatic carbocycles. The second kappa shape index (κ2) is 3.76. The molecule has 0 saturated heterocycles. The van der Waals surface area contributed by atoms with E-state index in [2.05, 4.69) is 24.7 Å². The fourth-order valence-electron chi connectivity index (χ4n) is 0.745. The van der Waals surface area contributed by atoms with Crippen molar-refractivity contribution in [3.05, 3.63) is 0 Å². The number of rotatable bonds is 2. The van der Waals surface area contributed by atoms with Crippen LogP contribution in [0.15, 0.2) is 5.10 Å². The molecule has 0 heterocycles. The molecule has 0 radical (unpaired) electrons. The van der Waals surface area contributed by atoms with Crippen LogP contribution in [-0.2, 0) is 4.43 Å². The summed E-state index contributed by atoms with van der Waals surface area (Å²) in [6.07, 6.45) is 0. The van der Waals surface area contributed by atoms with E-state index in [0.717, 1.165) is 5.90 Å². The first-order valence-corrected chi connectivity index (χ1v) is 7.13. The van der Waals surface area contributed by atoms with E-state index in [1.54, 1.807) is 5.01 Å². The second-order valence-corrected chi connectivity index (χ2v) is 8.11. The lowest BCUT2D eigenvalue weighted by Gasteiger charge is -2.19. The van der Waals surface area contributed by atoms with Crippen LogP contribution in [0.1, 0.15) is 6.92 Å². The third-order valence-electron chi connectivity index (χ3n) is 0.795. The summed E-state index contributed by atoms with van der Waals surface area (Å²) < 4.78 is 5.60. The van der Waals surface area contributed by atoms with Gasteiger partial charge >= 0.3 is 0 Å². The highest BCUT2D eigenvalue weighted by Crippen LogP contribution is 2.03. The van der Waals surface area contributed by atoms with Crippen molar-refractivity contribution in [1.82, 2.24) is 5.01 Å². The zero-order valence-corrected chi connectivity index (χ0v) is 9.30. The standard InChI is InChI=1S/C7H18N2OSi/c1-7(8-9(2)3)10-11(4,5)6/h1-6H3/b8-7-. The van der Waals surface area contributed by atoms with Crippen molar-refractivity contribution in [3.63, 3.8) is 0 Å². The molecule has 0 N–H and O–H groups in total. The van der Waals surface area contributed by atoms with Crippen LogP contribution in [0.4, 0.5) is 0 Å². The van der Waals surface area contributed by atoms with Crippen LogP contribution in [0.5, 0.6) is 0 Å². The molecule has 0 aromatic rings. The van der Waals surface area contributed by atoms with Crippen LogP contribution >= 0.6 is 0 Å². The normalized spacial score (nSPS) is 13.1. The lowest BCUT2D eigenvalue weighted by molar-refractivity contribution is 0.411. The van der Waals surface area contributed by atoms with E-state index in [1.807, 2.05) is 21.0 Å². The van der Waals surface area contributed by atoms with Gasteiger partial charge in [0.15, 0.2) is 5.90 Å². The number of hydrogen-bond donors (Lipinski definition) is 0. The van der Waals surface area contributed by atoms with Crippen molar-refractivity contribution in [2.24, 2.45) is 5.10 Å². The zero-order valence-electron chi connectivity index (χ0n) is 8.30. The fourth-order valence-corrected chi connectivity index (χ4v) is 1.67. The van der Waals surface area contributed by atoms with Crippen molar-refractivity contribution in [3.8, 4) is 0 Å². The van der Waals surface area contributed by atoms with Crippen molar-refractivity contribution >= 4 is 14.2 Å². The van der Waals surface area contributed by atoms with Crippen molar-refractivity contribution in [1.29, 1.82) is 0 Å². The fraction of sp³-hybridized carbons (Fsp3) is 0.857. The predicted octanol–water partition coefficient (Wildman–Crippen LogP) is 1.73. The van der Waals surface area contributed by atoms with Crippen LogP contribution < -0.4 is 0 Å². The van der Waals surface area contributed by atoms with E-state index in [-0.39, 0.29) is 0 Å². The monoisotopic (exact) mass is 174 g/mol. The van der Waals surface area contributed by atoms with Crippen LogP contribution in [-0.4, -0.2) is 33.3 Å². The number of nitrogens with zero attached hydrogens (tertiary/aromatic N) is 2. The van der Waals surface area contributed by atoms with Gasteiger partial charge in [0.05, 0.1) is 0 Å². The summed E-state index contributed by atoms with van der Waals surface area (Å²) >= 11 is 0. The van der Waals surface area contributed by atoms with E-state index in [9.17, 15) is 0 Å². The van der Waals surface area contributed by atoms with Crippen LogP contribution in [0, 0.1) is 0 Å². The molecule has 0 aliphatic rings. The summed E-state index contributed by atoms with van der Waals surface area (Å²) in [5.74, 6) is 0.758. The van der Waals surface area contributed by atoms with E-state index < -0.39 is 8.32 Å². The maximum absolute atomic E-state index is 5.60. The highest BCUT2D eigenvalue weighted by Gasteiger charge is 2.16. The minimum absolute atomic E-state index is 0.758. The van der Waals surface area contributed by atoms with E-state index in [0.29, 0.717) is 0 Å². The summed E-state index contributed by atoms with van der Waals surface area (Å²) in [4.78, 5) is 0. The summed E-state index contributed by atoms with van der Waals surface area (Å²) in [7, 11) is 2.33. The third-order valence-corrected chi connectivity index (χ3v) is 1.70. The Kier molecular flexibility index (Phi) is 3.58. The lowest BCUT2D eigenvalue weighted by atomic mass is 10.8. The summed E-state index contributed by atoms with van der Waals surface area (Å²) in [6, 6.07) is 0. The average Bonchev–Trinajstić information content (AvgIpc) is 1.53. The molecule has 0 aromatic carbocycles. The van der Waals surface area contributed by atoms with E-state index in [1.165, 1.54) is 0 Å². The second-order valence-electron chi connectivity index (χ2n) is 3.68. The predicted molar refractivity (Wildman–Crippen MR) is 51.2 cm³/mol. The summed E-state index contributed by atoms with van der Waals surface area (Å²) in [5, 5.41) is 5.87. The zero-order chi connectivity index (χ0) is 9.07. The summed E-state index contributed by atoms with van der Waals surface area (Å²) in [6.45, 7) is 8.31. The van der Waals surface area contributed by atoms with Gasteiger partial charge in [-0.3, -0.25) is 5.01 Å². The number of hydrogen-bond acceptors (Lipinski definition) is 3. The van der Waals surface area contributed by atoms with Crippen LogP contribution in [0.2, 0.25) is 19.6 Å². The van der Waals surface area contributed by atoms with E-state index in [4.69, 9.17) is 4.43 Å². The Morgan fingerprint density at radius 2 is 1.73 bits per heavy atom. The first-order chi connectivity index (χ1) is 4.81. The molecule has 0 spiro atoms. The molecular formula is C7H18N2OSi. The Bertz CT molecular complexity index is 149. The Morgan fingerprint density at radius 3 is 2.00 bits per heavy atom. The van der Waals surface area contributed by atoms with E-state index >= 15 is 0 Å². The molecule has 0 aromatic heterocycles. The van der Waals surface area contributed by atoms with Gasteiger partial charge in [-0.2, -0.15) is 0 Å². The molecule has 0 fully saturated rings. The Labute approximate surface area is 70.2 Å². The molecule has 4 heteroatoms. The molecule has 3 nitrogen and oxygen atoms in total. The molecule has 0 amide bonds. The number of hydrazone groups is 1. The van der Waals surface area contributed by atoms with Gasteiger partial charge in [-0.05, 0) is 19.6 Å². The Balaban J connectivity index is 3.97. The first kappa shape index (κ1) is 10.5. The molecule has 0 unspecified atom stereocenters. The molecule has 0 aliphatic heterocycles. The highest BCUT2D eigenvalue weighted by atomic mass is 28.4. The molecule has 0 rings (SSSR count). The molecule has 66 valence electrons. The van der Waals surface area contributed by atoms with Gasteiger partial charge in [-0.1, -0.05) is 0 Å². The molecule has 11 heavy (non-hydrogen) atoms. The topological polar surface area (TPSA) is 24.8 Å². The lowest BCUT2D eigenvalue weighted by Crippen LogP contribution is -2.28. The Morgan fingerprint density at radius 1 is 1.27 bits per heavy atom. The van der Waals surface area contributed by atoms with Gasteiger partial charge < -0.3 is 4.43 Å². The SMILES string of the molecule is C/C(=N/N(C)C)O[Si](C)(C)C. The summed E-state index contributed by atoms with van der Waals surface area (Å²) in [5.41, 5.74) is 0. The quantitative estimate of drug-likeness (QED) is 0.276. The average molecular weight is 174 g/mol. The maximum atomic E-state index is 5.60. The smallest absolute Gasteiger partial charge is 0.243 e. The van der Waals surface area contributed by atoms with Gasteiger partial charge in [-0.15, -0.1) is 5.10 Å². The third kappa shape index (κ3) is 7.38. The first-order valence-electron chi connectivity index (χ1n) is 3.73. The highest BCUT2D eigenvalue weighted by molar-refractivity contribution is 6.71. The minimum Gasteiger partial charge on any atom is -0.534 e. The van der Waals surface area contributed by atoms with Gasteiger partial charge in [-0.25, -0.2) is 0 Å². The van der Waals surface area contributed by atoms with Gasteiger partial charge in [0.1, 0.15) is 0 Å². The van der Waals surface area contributed by atoms with Crippen molar-refractivity contribution in [2.45, 2.75) is 26.6 Å². The van der Waals surface area contributed by atoms with Crippen LogP contribution in [0.25, 0.3) is 0 Å². The molecule has 0 atom stereocenters. The van der Waals surface area contributed by atoms with Crippen LogP contribution in [0.3, 0.4) is 0 Å². The molecular weight excluding hydrogens is 156 g/mol. The maximum Gasteiger partial charge on any atom is 0.243 e. The van der Waals surface area contributed by atoms with Crippen molar-refractivity contribution in [2.75, 3.05) is 14.1 Å².